The van der Waals surface area contributed by atoms with Gasteiger partial charge in [-0.25, -0.2) is 4.98 Å². The van der Waals surface area contributed by atoms with E-state index in [1.165, 1.54) is 31.0 Å². The molecule has 1 amide bonds. The topological polar surface area (TPSA) is 110 Å². The number of anilines is 1. The molecule has 2 aromatic carbocycles. The lowest BCUT2D eigenvalue weighted by atomic mass is 10.1. The van der Waals surface area contributed by atoms with Gasteiger partial charge in [-0.3, -0.25) is 14.9 Å². The lowest BCUT2D eigenvalue weighted by Crippen LogP contribution is -2.15. The number of H-pyrrole nitrogens is 1. The zero-order valence-electron chi connectivity index (χ0n) is 15.0. The van der Waals surface area contributed by atoms with Crippen LogP contribution >= 0.6 is 11.8 Å². The van der Waals surface area contributed by atoms with Crippen LogP contribution in [0.15, 0.2) is 35.5 Å². The Hall–Kier alpha value is -3.07. The average molecular weight is 386 g/mol. The summed E-state index contributed by atoms with van der Waals surface area (Å²) >= 11 is 1.29. The third-order valence-corrected chi connectivity index (χ3v) is 4.83. The number of aromatic nitrogens is 2. The first-order valence-electron chi connectivity index (χ1n) is 8.09. The van der Waals surface area contributed by atoms with Gasteiger partial charge >= 0.3 is 5.69 Å². The van der Waals surface area contributed by atoms with E-state index in [1.54, 1.807) is 6.92 Å². The second kappa shape index (κ2) is 7.67. The summed E-state index contributed by atoms with van der Waals surface area (Å²) in [6, 6.07) is 8.75. The fourth-order valence-electron chi connectivity index (χ4n) is 2.60. The van der Waals surface area contributed by atoms with E-state index in [2.05, 4.69) is 15.3 Å². The van der Waals surface area contributed by atoms with Crippen molar-refractivity contribution in [2.24, 2.45) is 0 Å². The highest BCUT2D eigenvalue weighted by atomic mass is 32.2. The van der Waals surface area contributed by atoms with Crippen molar-refractivity contribution >= 4 is 40.1 Å². The molecule has 0 unspecified atom stereocenters. The Morgan fingerprint density at radius 1 is 1.33 bits per heavy atom. The van der Waals surface area contributed by atoms with E-state index in [0.717, 1.165) is 16.6 Å². The van der Waals surface area contributed by atoms with E-state index in [4.69, 9.17) is 4.74 Å². The molecule has 0 atom stereocenters. The molecule has 1 heterocycles. The van der Waals surface area contributed by atoms with Gasteiger partial charge in [0.2, 0.25) is 5.91 Å². The normalized spacial score (nSPS) is 10.8. The molecule has 0 fully saturated rings. The molecular weight excluding hydrogens is 368 g/mol. The SMILES string of the molecule is COc1cc(NC(=O)CSc2nc3ccc(C)cc3[nH]2)c(C)cc1[N+](=O)[O-]. The number of nitro benzene ring substituents is 1. The summed E-state index contributed by atoms with van der Waals surface area (Å²) in [6.07, 6.45) is 0. The molecule has 0 saturated heterocycles. The number of hydrogen-bond acceptors (Lipinski definition) is 6. The minimum atomic E-state index is -0.517. The molecule has 2 N–H and O–H groups in total. The smallest absolute Gasteiger partial charge is 0.311 e. The van der Waals surface area contributed by atoms with Gasteiger partial charge in [0.1, 0.15) is 0 Å². The Morgan fingerprint density at radius 3 is 2.81 bits per heavy atom. The van der Waals surface area contributed by atoms with Crippen molar-refractivity contribution in [3.63, 3.8) is 0 Å². The van der Waals surface area contributed by atoms with Gasteiger partial charge in [-0.1, -0.05) is 17.8 Å². The van der Waals surface area contributed by atoms with Gasteiger partial charge in [0, 0.05) is 17.8 Å². The molecule has 0 saturated carbocycles. The van der Waals surface area contributed by atoms with Crippen molar-refractivity contribution < 1.29 is 14.5 Å². The van der Waals surface area contributed by atoms with Crippen LogP contribution < -0.4 is 10.1 Å². The highest BCUT2D eigenvalue weighted by Crippen LogP contribution is 2.33. The van der Waals surface area contributed by atoms with E-state index < -0.39 is 4.92 Å². The van der Waals surface area contributed by atoms with Crippen LogP contribution in [-0.4, -0.2) is 33.7 Å². The van der Waals surface area contributed by atoms with Crippen LogP contribution in [-0.2, 0) is 4.79 Å². The first-order chi connectivity index (χ1) is 12.9. The standard InChI is InChI=1S/C18H18N4O4S/c1-10-4-5-12-14(6-10)21-18(20-12)27-9-17(23)19-13-8-16(26-3)15(22(24)25)7-11(13)2/h4-8H,9H2,1-3H3,(H,19,23)(H,20,21). The van der Waals surface area contributed by atoms with Gasteiger partial charge in [-0.2, -0.15) is 0 Å². The van der Waals surface area contributed by atoms with E-state index in [0.29, 0.717) is 16.4 Å². The highest BCUT2D eigenvalue weighted by molar-refractivity contribution is 7.99. The Bertz CT molecular complexity index is 1030. The van der Waals surface area contributed by atoms with E-state index in [-0.39, 0.29) is 23.1 Å². The lowest BCUT2D eigenvalue weighted by molar-refractivity contribution is -0.385. The van der Waals surface area contributed by atoms with Crippen LogP contribution in [0.4, 0.5) is 11.4 Å². The third-order valence-electron chi connectivity index (χ3n) is 3.95. The molecule has 3 aromatic rings. The Kier molecular flexibility index (Phi) is 5.31. The van der Waals surface area contributed by atoms with Crippen molar-refractivity contribution in [2.45, 2.75) is 19.0 Å². The van der Waals surface area contributed by atoms with Gasteiger partial charge in [-0.05, 0) is 37.1 Å². The van der Waals surface area contributed by atoms with Crippen molar-refractivity contribution in [1.82, 2.24) is 9.97 Å². The second-order valence-corrected chi connectivity index (χ2v) is 6.96. The molecule has 0 radical (unpaired) electrons. The van der Waals surface area contributed by atoms with Crippen molar-refractivity contribution in [3.05, 3.63) is 51.6 Å². The fourth-order valence-corrected chi connectivity index (χ4v) is 3.29. The van der Waals surface area contributed by atoms with Crippen LogP contribution in [0, 0.1) is 24.0 Å². The number of amides is 1. The van der Waals surface area contributed by atoms with Gasteiger partial charge < -0.3 is 15.0 Å². The van der Waals surface area contributed by atoms with Crippen LogP contribution in [0.3, 0.4) is 0 Å². The number of aromatic amines is 1. The number of benzene rings is 2. The fraction of sp³-hybridized carbons (Fsp3) is 0.222. The number of thioether (sulfide) groups is 1. The molecule has 0 aliphatic carbocycles. The number of carbonyl (C=O) groups is 1. The maximum absolute atomic E-state index is 12.3. The number of ether oxygens (including phenoxy) is 1. The summed E-state index contributed by atoms with van der Waals surface area (Å²) in [4.78, 5) is 30.4. The van der Waals surface area contributed by atoms with Crippen molar-refractivity contribution in [1.29, 1.82) is 0 Å². The first-order valence-corrected chi connectivity index (χ1v) is 9.08. The highest BCUT2D eigenvalue weighted by Gasteiger charge is 2.18. The first kappa shape index (κ1) is 18.7. The summed E-state index contributed by atoms with van der Waals surface area (Å²) in [5.41, 5.74) is 3.82. The number of aryl methyl sites for hydroxylation is 2. The molecule has 1 aromatic heterocycles. The minimum absolute atomic E-state index is 0.0983. The predicted octanol–water partition coefficient (Wildman–Crippen LogP) is 3.83. The summed E-state index contributed by atoms with van der Waals surface area (Å²) in [5, 5.41) is 14.5. The monoisotopic (exact) mass is 386 g/mol. The van der Waals surface area contributed by atoms with E-state index in [1.807, 2.05) is 25.1 Å². The molecule has 0 aliphatic rings. The average Bonchev–Trinajstić information content (AvgIpc) is 3.03. The largest absolute Gasteiger partial charge is 0.490 e. The van der Waals surface area contributed by atoms with E-state index in [9.17, 15) is 14.9 Å². The summed E-state index contributed by atoms with van der Waals surface area (Å²) < 4.78 is 5.04. The summed E-state index contributed by atoms with van der Waals surface area (Å²) in [7, 11) is 1.35. The molecule has 0 aliphatic heterocycles. The Morgan fingerprint density at radius 2 is 2.11 bits per heavy atom. The van der Waals surface area contributed by atoms with Crippen molar-refractivity contribution in [3.8, 4) is 5.75 Å². The lowest BCUT2D eigenvalue weighted by Gasteiger charge is -2.10. The molecule has 8 nitrogen and oxygen atoms in total. The quantitative estimate of drug-likeness (QED) is 0.378. The number of nitrogens with one attached hydrogen (secondary N) is 2. The molecule has 140 valence electrons. The van der Waals surface area contributed by atoms with Gasteiger partial charge in [0.05, 0.1) is 28.8 Å². The van der Waals surface area contributed by atoms with Gasteiger partial charge in [0.25, 0.3) is 0 Å². The second-order valence-electron chi connectivity index (χ2n) is 6.00. The molecule has 0 spiro atoms. The van der Waals surface area contributed by atoms with Gasteiger partial charge in [0.15, 0.2) is 10.9 Å². The number of rotatable bonds is 6. The number of nitro groups is 1. The molecule has 0 bridgehead atoms. The Labute approximate surface area is 159 Å². The van der Waals surface area contributed by atoms with Crippen LogP contribution in [0.1, 0.15) is 11.1 Å². The maximum atomic E-state index is 12.3. The molecule has 27 heavy (non-hydrogen) atoms. The number of nitrogens with zero attached hydrogens (tertiary/aromatic N) is 2. The van der Waals surface area contributed by atoms with Crippen LogP contribution in [0.25, 0.3) is 11.0 Å². The van der Waals surface area contributed by atoms with E-state index >= 15 is 0 Å². The van der Waals surface area contributed by atoms with Gasteiger partial charge in [-0.15, -0.1) is 0 Å². The number of imidazole rings is 1. The molecule has 3 rings (SSSR count). The zero-order chi connectivity index (χ0) is 19.6. The molecule has 9 heteroatoms. The van der Waals surface area contributed by atoms with Crippen LogP contribution in [0.2, 0.25) is 0 Å². The maximum Gasteiger partial charge on any atom is 0.311 e. The summed E-state index contributed by atoms with van der Waals surface area (Å²) in [5.74, 6) is 0.00854. The minimum Gasteiger partial charge on any atom is -0.490 e. The predicted molar refractivity (Wildman–Crippen MR) is 105 cm³/mol. The number of fused-ring (bicyclic) bond motifs is 1. The number of hydrogen-bond donors (Lipinski definition) is 2. The number of carbonyl (C=O) groups excluding carboxylic acids is 1. The summed E-state index contributed by atoms with van der Waals surface area (Å²) in [6.45, 7) is 3.69. The van der Waals surface area contributed by atoms with Crippen molar-refractivity contribution in [2.75, 3.05) is 18.2 Å². The number of methoxy groups -OCH3 is 1. The third kappa shape index (κ3) is 4.20. The Balaban J connectivity index is 1.69. The zero-order valence-corrected chi connectivity index (χ0v) is 15.8. The molecular formula is C18H18N4O4S. The van der Waals surface area contributed by atoms with Crippen LogP contribution in [0.5, 0.6) is 5.75 Å².